The number of likely N-dealkylation sites (N-methyl/N-ethyl adjacent to an activating group) is 2. The Hall–Kier alpha value is -1.14. The second-order valence-corrected chi connectivity index (χ2v) is 7.56. The largest absolute Gasteiger partial charge is 0.357 e. The van der Waals surface area contributed by atoms with E-state index in [2.05, 4.69) is 47.9 Å². The van der Waals surface area contributed by atoms with Crippen LogP contribution < -0.4 is 5.32 Å². The SMILES string of the molecule is CCNC(=NCCc1ncc(CC)s1)N(C)CC1CCCN1CC. The van der Waals surface area contributed by atoms with Gasteiger partial charge >= 0.3 is 0 Å². The van der Waals surface area contributed by atoms with Crippen molar-refractivity contribution in [3.05, 3.63) is 16.1 Å². The van der Waals surface area contributed by atoms with Gasteiger partial charge in [0, 0.05) is 50.2 Å². The molecule has 1 fully saturated rings. The summed E-state index contributed by atoms with van der Waals surface area (Å²) < 4.78 is 0. The van der Waals surface area contributed by atoms with Crippen LogP contribution in [0.5, 0.6) is 0 Å². The number of hydrogen-bond acceptors (Lipinski definition) is 4. The summed E-state index contributed by atoms with van der Waals surface area (Å²) in [6.45, 7) is 11.7. The third kappa shape index (κ3) is 5.45. The Morgan fingerprint density at radius 2 is 2.29 bits per heavy atom. The van der Waals surface area contributed by atoms with Crippen LogP contribution in [0.15, 0.2) is 11.2 Å². The van der Waals surface area contributed by atoms with Crippen molar-refractivity contribution in [3.8, 4) is 0 Å². The highest BCUT2D eigenvalue weighted by Gasteiger charge is 2.24. The van der Waals surface area contributed by atoms with Gasteiger partial charge < -0.3 is 10.2 Å². The Labute approximate surface area is 151 Å². The summed E-state index contributed by atoms with van der Waals surface area (Å²) in [5.41, 5.74) is 0. The molecule has 0 bridgehead atoms. The Bertz CT molecular complexity index is 513. The molecule has 5 nitrogen and oxygen atoms in total. The highest BCUT2D eigenvalue weighted by atomic mass is 32.1. The lowest BCUT2D eigenvalue weighted by atomic mass is 10.2. The third-order valence-corrected chi connectivity index (χ3v) is 5.82. The van der Waals surface area contributed by atoms with Gasteiger partial charge in [0.15, 0.2) is 5.96 Å². The quantitative estimate of drug-likeness (QED) is 0.578. The standard InChI is InChI=1S/C18H33N5S/c1-5-16-13-21-17(24-16)10-11-20-18(19-6-2)22(4)14-15-9-8-12-23(15)7-3/h13,15H,5-12,14H2,1-4H3,(H,19,20). The zero-order valence-corrected chi connectivity index (χ0v) is 16.5. The number of aromatic nitrogens is 1. The Morgan fingerprint density at radius 3 is 2.96 bits per heavy atom. The first kappa shape index (κ1) is 19.2. The molecule has 1 aliphatic heterocycles. The third-order valence-electron chi connectivity index (χ3n) is 4.62. The van der Waals surface area contributed by atoms with Gasteiger partial charge in [0.2, 0.25) is 0 Å². The molecule has 6 heteroatoms. The highest BCUT2D eigenvalue weighted by Crippen LogP contribution is 2.17. The Morgan fingerprint density at radius 1 is 1.46 bits per heavy atom. The van der Waals surface area contributed by atoms with Gasteiger partial charge in [-0.25, -0.2) is 4.98 Å². The van der Waals surface area contributed by atoms with E-state index < -0.39 is 0 Å². The first-order chi connectivity index (χ1) is 11.7. The topological polar surface area (TPSA) is 43.8 Å². The van der Waals surface area contributed by atoms with Gasteiger partial charge in [-0.05, 0) is 39.3 Å². The lowest BCUT2D eigenvalue weighted by molar-refractivity contribution is 0.232. The fourth-order valence-corrected chi connectivity index (χ4v) is 4.13. The molecule has 24 heavy (non-hydrogen) atoms. The average Bonchev–Trinajstić information content (AvgIpc) is 3.22. The van der Waals surface area contributed by atoms with Crippen molar-refractivity contribution in [2.45, 2.75) is 52.5 Å². The number of likely N-dealkylation sites (tertiary alicyclic amines) is 1. The first-order valence-corrected chi connectivity index (χ1v) is 10.2. The molecule has 1 atom stereocenters. The van der Waals surface area contributed by atoms with E-state index in [1.54, 1.807) is 0 Å². The summed E-state index contributed by atoms with van der Waals surface area (Å²) in [5.74, 6) is 1.02. The second-order valence-electron chi connectivity index (χ2n) is 6.36. The minimum Gasteiger partial charge on any atom is -0.357 e. The second kappa shape index (κ2) is 9.99. The average molecular weight is 352 g/mol. The van der Waals surface area contributed by atoms with Crippen molar-refractivity contribution in [1.29, 1.82) is 0 Å². The fourth-order valence-electron chi connectivity index (χ4n) is 3.28. The molecule has 0 amide bonds. The van der Waals surface area contributed by atoms with Crippen LogP contribution in [-0.2, 0) is 12.8 Å². The van der Waals surface area contributed by atoms with Crippen LogP contribution in [0.25, 0.3) is 0 Å². The molecule has 1 saturated heterocycles. The normalized spacial score (nSPS) is 19.0. The fraction of sp³-hybridized carbons (Fsp3) is 0.778. The zero-order chi connectivity index (χ0) is 17.4. The number of aryl methyl sites for hydroxylation is 1. The Balaban J connectivity index is 1.88. The van der Waals surface area contributed by atoms with E-state index in [0.29, 0.717) is 6.04 Å². The van der Waals surface area contributed by atoms with Crippen molar-refractivity contribution in [1.82, 2.24) is 20.1 Å². The van der Waals surface area contributed by atoms with E-state index in [9.17, 15) is 0 Å². The van der Waals surface area contributed by atoms with Crippen molar-refractivity contribution in [2.24, 2.45) is 4.99 Å². The van der Waals surface area contributed by atoms with E-state index in [-0.39, 0.29) is 0 Å². The van der Waals surface area contributed by atoms with Gasteiger partial charge in [-0.2, -0.15) is 0 Å². The van der Waals surface area contributed by atoms with Crippen LogP contribution in [0.1, 0.15) is 43.5 Å². The maximum atomic E-state index is 4.82. The first-order valence-electron chi connectivity index (χ1n) is 9.34. The number of thiazole rings is 1. The van der Waals surface area contributed by atoms with Crippen LogP contribution in [0.4, 0.5) is 0 Å². The molecule has 1 N–H and O–H groups in total. The number of aliphatic imine (C=N–C) groups is 1. The lowest BCUT2D eigenvalue weighted by Gasteiger charge is -2.29. The number of hydrogen-bond donors (Lipinski definition) is 1. The molecule has 2 rings (SSSR count). The summed E-state index contributed by atoms with van der Waals surface area (Å²) in [4.78, 5) is 15.5. The van der Waals surface area contributed by atoms with E-state index in [1.165, 1.54) is 29.3 Å². The van der Waals surface area contributed by atoms with E-state index >= 15 is 0 Å². The van der Waals surface area contributed by atoms with Crippen LogP contribution in [0, 0.1) is 0 Å². The van der Waals surface area contributed by atoms with Crippen LogP contribution in [0.3, 0.4) is 0 Å². The van der Waals surface area contributed by atoms with E-state index in [1.807, 2.05) is 17.5 Å². The molecule has 1 aliphatic rings. The molecule has 1 unspecified atom stereocenters. The van der Waals surface area contributed by atoms with Crippen molar-refractivity contribution in [3.63, 3.8) is 0 Å². The monoisotopic (exact) mass is 351 g/mol. The molecule has 0 spiro atoms. The number of guanidine groups is 1. The van der Waals surface area contributed by atoms with Crippen LogP contribution in [0.2, 0.25) is 0 Å². The molecule has 1 aromatic heterocycles. The molecule has 0 aromatic carbocycles. The van der Waals surface area contributed by atoms with Crippen molar-refractivity contribution in [2.75, 3.05) is 39.8 Å². The molecule has 136 valence electrons. The Kier molecular flexibility index (Phi) is 7.99. The highest BCUT2D eigenvalue weighted by molar-refractivity contribution is 7.11. The molecular weight excluding hydrogens is 318 g/mol. The minimum atomic E-state index is 0.662. The van der Waals surface area contributed by atoms with Crippen LogP contribution >= 0.6 is 11.3 Å². The summed E-state index contributed by atoms with van der Waals surface area (Å²) in [7, 11) is 2.16. The van der Waals surface area contributed by atoms with Gasteiger partial charge in [-0.3, -0.25) is 9.89 Å². The maximum Gasteiger partial charge on any atom is 0.193 e. The molecule has 0 aliphatic carbocycles. The number of nitrogens with zero attached hydrogens (tertiary/aromatic N) is 4. The summed E-state index contributed by atoms with van der Waals surface area (Å²) >= 11 is 1.81. The zero-order valence-electron chi connectivity index (χ0n) is 15.7. The predicted octanol–water partition coefficient (Wildman–Crippen LogP) is 2.63. The van der Waals surface area contributed by atoms with E-state index in [0.717, 1.165) is 45.0 Å². The van der Waals surface area contributed by atoms with Crippen LogP contribution in [-0.4, -0.2) is 66.6 Å². The van der Waals surface area contributed by atoms with Gasteiger partial charge in [-0.15, -0.1) is 11.3 Å². The number of rotatable bonds is 8. The van der Waals surface area contributed by atoms with Gasteiger partial charge in [0.25, 0.3) is 0 Å². The smallest absolute Gasteiger partial charge is 0.193 e. The minimum absolute atomic E-state index is 0.662. The van der Waals surface area contributed by atoms with Crippen molar-refractivity contribution < 1.29 is 0 Å². The molecule has 1 aromatic rings. The van der Waals surface area contributed by atoms with Crippen molar-refractivity contribution >= 4 is 17.3 Å². The molecule has 0 radical (unpaired) electrons. The lowest BCUT2D eigenvalue weighted by Crippen LogP contribution is -2.46. The van der Waals surface area contributed by atoms with Gasteiger partial charge in [0.05, 0.1) is 5.01 Å². The summed E-state index contributed by atoms with van der Waals surface area (Å²) in [6.07, 6.45) is 6.63. The molecular formula is C18H33N5S. The predicted molar refractivity (Wildman–Crippen MR) is 104 cm³/mol. The summed E-state index contributed by atoms with van der Waals surface area (Å²) in [5, 5.41) is 4.63. The maximum absolute atomic E-state index is 4.82. The van der Waals surface area contributed by atoms with Gasteiger partial charge in [0.1, 0.15) is 0 Å². The molecule has 0 saturated carbocycles. The van der Waals surface area contributed by atoms with E-state index in [4.69, 9.17) is 4.99 Å². The number of nitrogens with one attached hydrogen (secondary N) is 1. The van der Waals surface area contributed by atoms with Gasteiger partial charge in [-0.1, -0.05) is 13.8 Å². The molecule has 2 heterocycles. The summed E-state index contributed by atoms with van der Waals surface area (Å²) in [6, 6.07) is 0.662.